The first-order valence-electron chi connectivity index (χ1n) is 6.06. The summed E-state index contributed by atoms with van der Waals surface area (Å²) in [4.78, 5) is 12.0. The van der Waals surface area contributed by atoms with Crippen molar-refractivity contribution in [2.45, 2.75) is 38.5 Å². The average molecular weight is 254 g/mol. The average Bonchev–Trinajstić information content (AvgIpc) is 2.61. The van der Waals surface area contributed by atoms with Gasteiger partial charge in [0.25, 0.3) is 0 Å². The van der Waals surface area contributed by atoms with Crippen molar-refractivity contribution in [3.8, 4) is 0 Å². The quantitative estimate of drug-likeness (QED) is 0.825. The van der Waals surface area contributed by atoms with Gasteiger partial charge >= 0.3 is 0 Å². The van der Waals surface area contributed by atoms with Crippen LogP contribution in [-0.2, 0) is 4.79 Å². The number of anilines is 1. The van der Waals surface area contributed by atoms with E-state index < -0.39 is 0 Å². The molecule has 1 saturated carbocycles. The summed E-state index contributed by atoms with van der Waals surface area (Å²) in [6.45, 7) is 0. The molecular formula is C12H16ClN3O. The minimum Gasteiger partial charge on any atom is -0.309 e. The van der Waals surface area contributed by atoms with Crippen LogP contribution in [0.15, 0.2) is 12.1 Å². The molecule has 1 aliphatic rings. The number of halogens is 1. The zero-order valence-corrected chi connectivity index (χ0v) is 10.4. The molecule has 0 aromatic carbocycles. The highest BCUT2D eigenvalue weighted by molar-refractivity contribution is 6.29. The molecule has 1 aliphatic carbocycles. The topological polar surface area (TPSA) is 54.9 Å². The first kappa shape index (κ1) is 12.3. The lowest BCUT2D eigenvalue weighted by atomic mass is 9.99. The summed E-state index contributed by atoms with van der Waals surface area (Å²) in [6.07, 6.45) is 6.73. The van der Waals surface area contributed by atoms with Crippen LogP contribution in [0.4, 0.5) is 5.82 Å². The van der Waals surface area contributed by atoms with Gasteiger partial charge in [-0.15, -0.1) is 10.2 Å². The van der Waals surface area contributed by atoms with Gasteiger partial charge in [-0.05, 0) is 25.0 Å². The van der Waals surface area contributed by atoms with Gasteiger partial charge in [0.15, 0.2) is 11.0 Å². The zero-order valence-electron chi connectivity index (χ0n) is 9.66. The standard InChI is InChI=1S/C12H16ClN3O/c13-10-7-8-11(16-15-10)14-12(17)9-5-3-1-2-4-6-9/h7-9H,1-6H2,(H,14,16,17). The Labute approximate surface area is 106 Å². The van der Waals surface area contributed by atoms with E-state index in [0.29, 0.717) is 11.0 Å². The Kier molecular flexibility index (Phi) is 4.31. The maximum Gasteiger partial charge on any atom is 0.228 e. The second kappa shape index (κ2) is 5.96. The normalized spacial score (nSPS) is 17.5. The number of aromatic nitrogens is 2. The SMILES string of the molecule is O=C(Nc1ccc(Cl)nn1)C1CCCCCC1. The van der Waals surface area contributed by atoms with E-state index in [1.165, 1.54) is 12.8 Å². The van der Waals surface area contributed by atoms with Crippen molar-refractivity contribution in [2.24, 2.45) is 5.92 Å². The molecule has 0 saturated heterocycles. The third-order valence-electron chi connectivity index (χ3n) is 3.11. The molecule has 1 heterocycles. The molecule has 0 radical (unpaired) electrons. The Morgan fingerprint density at radius 2 is 1.88 bits per heavy atom. The van der Waals surface area contributed by atoms with E-state index in [4.69, 9.17) is 11.6 Å². The number of carbonyl (C=O) groups excluding carboxylic acids is 1. The van der Waals surface area contributed by atoms with Gasteiger partial charge in [-0.2, -0.15) is 0 Å². The van der Waals surface area contributed by atoms with Gasteiger partial charge < -0.3 is 5.32 Å². The lowest BCUT2D eigenvalue weighted by Gasteiger charge is -2.13. The largest absolute Gasteiger partial charge is 0.309 e. The highest BCUT2D eigenvalue weighted by Crippen LogP contribution is 2.23. The second-order valence-electron chi connectivity index (χ2n) is 4.42. The van der Waals surface area contributed by atoms with Gasteiger partial charge in [-0.25, -0.2) is 0 Å². The van der Waals surface area contributed by atoms with Gasteiger partial charge in [-0.1, -0.05) is 37.3 Å². The van der Waals surface area contributed by atoms with Gasteiger partial charge in [0.05, 0.1) is 0 Å². The van der Waals surface area contributed by atoms with Crippen molar-refractivity contribution in [3.63, 3.8) is 0 Å². The fraction of sp³-hybridized carbons (Fsp3) is 0.583. The summed E-state index contributed by atoms with van der Waals surface area (Å²) in [5.74, 6) is 0.655. The molecule has 0 bridgehead atoms. The van der Waals surface area contributed by atoms with Crippen LogP contribution in [0.25, 0.3) is 0 Å². The van der Waals surface area contributed by atoms with Crippen LogP contribution in [0.2, 0.25) is 5.15 Å². The summed E-state index contributed by atoms with van der Waals surface area (Å²) < 4.78 is 0. The van der Waals surface area contributed by atoms with E-state index >= 15 is 0 Å². The lowest BCUT2D eigenvalue weighted by molar-refractivity contribution is -0.120. The summed E-state index contributed by atoms with van der Waals surface area (Å²) in [5.41, 5.74) is 0. The Hall–Kier alpha value is -1.16. The smallest absolute Gasteiger partial charge is 0.228 e. The summed E-state index contributed by atoms with van der Waals surface area (Å²) in [5, 5.41) is 10.6. The molecule has 17 heavy (non-hydrogen) atoms. The monoisotopic (exact) mass is 253 g/mol. The highest BCUT2D eigenvalue weighted by atomic mass is 35.5. The Balaban J connectivity index is 1.93. The molecule has 2 rings (SSSR count). The number of nitrogens with zero attached hydrogens (tertiary/aromatic N) is 2. The van der Waals surface area contributed by atoms with Crippen molar-refractivity contribution in [1.29, 1.82) is 0 Å². The molecule has 4 nitrogen and oxygen atoms in total. The number of hydrogen-bond donors (Lipinski definition) is 1. The fourth-order valence-electron chi connectivity index (χ4n) is 2.15. The van der Waals surface area contributed by atoms with Crippen LogP contribution < -0.4 is 5.32 Å². The molecule has 92 valence electrons. The minimum atomic E-state index is 0.0588. The maximum atomic E-state index is 12.0. The molecule has 1 N–H and O–H groups in total. The van der Waals surface area contributed by atoms with Crippen molar-refractivity contribution in [1.82, 2.24) is 10.2 Å². The number of amides is 1. The lowest BCUT2D eigenvalue weighted by Crippen LogP contribution is -2.23. The summed E-state index contributed by atoms with van der Waals surface area (Å²) >= 11 is 5.63. The van der Waals surface area contributed by atoms with E-state index in [1.54, 1.807) is 12.1 Å². The molecular weight excluding hydrogens is 238 g/mol. The van der Waals surface area contributed by atoms with Gasteiger partial charge in [0.1, 0.15) is 0 Å². The molecule has 1 amide bonds. The fourth-order valence-corrected chi connectivity index (χ4v) is 2.25. The van der Waals surface area contributed by atoms with Crippen molar-refractivity contribution in [3.05, 3.63) is 17.3 Å². The number of nitrogens with one attached hydrogen (secondary N) is 1. The van der Waals surface area contributed by atoms with Crippen LogP contribution in [0.1, 0.15) is 38.5 Å². The first-order chi connectivity index (χ1) is 8.25. The minimum absolute atomic E-state index is 0.0588. The maximum absolute atomic E-state index is 12.0. The van der Waals surface area contributed by atoms with Crippen LogP contribution >= 0.6 is 11.6 Å². The summed E-state index contributed by atoms with van der Waals surface area (Å²) in [7, 11) is 0. The van der Waals surface area contributed by atoms with Crippen LogP contribution in [0, 0.1) is 5.92 Å². The van der Waals surface area contributed by atoms with Crippen LogP contribution in [0.5, 0.6) is 0 Å². The molecule has 1 aromatic rings. The first-order valence-corrected chi connectivity index (χ1v) is 6.43. The number of hydrogen-bond acceptors (Lipinski definition) is 3. The van der Waals surface area contributed by atoms with Crippen molar-refractivity contribution < 1.29 is 4.79 Å². The number of carbonyl (C=O) groups is 1. The van der Waals surface area contributed by atoms with E-state index in [1.807, 2.05) is 0 Å². The molecule has 1 aromatic heterocycles. The predicted molar refractivity (Wildman–Crippen MR) is 66.9 cm³/mol. The van der Waals surface area contributed by atoms with Gasteiger partial charge in [0, 0.05) is 5.92 Å². The Morgan fingerprint density at radius 1 is 1.18 bits per heavy atom. The van der Waals surface area contributed by atoms with Crippen LogP contribution in [-0.4, -0.2) is 16.1 Å². The second-order valence-corrected chi connectivity index (χ2v) is 4.81. The van der Waals surface area contributed by atoms with Crippen LogP contribution in [0.3, 0.4) is 0 Å². The van der Waals surface area contributed by atoms with Crippen molar-refractivity contribution in [2.75, 3.05) is 5.32 Å². The molecule has 1 fully saturated rings. The third kappa shape index (κ3) is 3.66. The van der Waals surface area contributed by atoms with E-state index in [0.717, 1.165) is 25.7 Å². The molecule has 0 atom stereocenters. The number of rotatable bonds is 2. The summed E-state index contributed by atoms with van der Waals surface area (Å²) in [6, 6.07) is 3.29. The predicted octanol–water partition coefficient (Wildman–Crippen LogP) is 3.04. The molecule has 5 heteroatoms. The van der Waals surface area contributed by atoms with E-state index in [9.17, 15) is 4.79 Å². The van der Waals surface area contributed by atoms with Crippen molar-refractivity contribution >= 4 is 23.3 Å². The highest BCUT2D eigenvalue weighted by Gasteiger charge is 2.20. The zero-order chi connectivity index (χ0) is 12.1. The van der Waals surface area contributed by atoms with Gasteiger partial charge in [0.2, 0.25) is 5.91 Å². The molecule has 0 spiro atoms. The van der Waals surface area contributed by atoms with E-state index in [-0.39, 0.29) is 11.8 Å². The third-order valence-corrected chi connectivity index (χ3v) is 3.31. The molecule has 0 unspecified atom stereocenters. The Bertz CT molecular complexity index is 372. The molecule has 0 aliphatic heterocycles. The van der Waals surface area contributed by atoms with E-state index in [2.05, 4.69) is 15.5 Å². The van der Waals surface area contributed by atoms with Gasteiger partial charge in [-0.3, -0.25) is 4.79 Å². The Morgan fingerprint density at radius 3 is 2.47 bits per heavy atom.